The molecular formula is C19H17ClN2O5. The third-order valence-electron chi connectivity index (χ3n) is 3.54. The van der Waals surface area contributed by atoms with Gasteiger partial charge in [0.25, 0.3) is 5.91 Å². The SMILES string of the molecule is COc1ccc(CC(=O)OCC(=O)Nc2cc(Cl)ccc2C#N)cc1OC. The number of anilines is 1. The van der Waals surface area contributed by atoms with Crippen molar-refractivity contribution in [3.05, 3.63) is 52.5 Å². The number of nitrogens with zero attached hydrogens (tertiary/aromatic N) is 1. The summed E-state index contributed by atoms with van der Waals surface area (Å²) in [6.45, 7) is -0.483. The van der Waals surface area contributed by atoms with E-state index in [9.17, 15) is 9.59 Å². The van der Waals surface area contributed by atoms with Crippen molar-refractivity contribution < 1.29 is 23.8 Å². The van der Waals surface area contributed by atoms with E-state index in [0.717, 1.165) is 0 Å². The Morgan fingerprint density at radius 3 is 2.52 bits per heavy atom. The van der Waals surface area contributed by atoms with Crippen molar-refractivity contribution >= 4 is 29.2 Å². The molecule has 1 amide bonds. The molecule has 2 aromatic rings. The van der Waals surface area contributed by atoms with Gasteiger partial charge >= 0.3 is 5.97 Å². The fourth-order valence-corrected chi connectivity index (χ4v) is 2.43. The molecule has 0 radical (unpaired) electrons. The van der Waals surface area contributed by atoms with Crippen molar-refractivity contribution in [3.63, 3.8) is 0 Å². The summed E-state index contributed by atoms with van der Waals surface area (Å²) < 4.78 is 15.3. The molecule has 0 heterocycles. The van der Waals surface area contributed by atoms with Crippen LogP contribution in [0.25, 0.3) is 0 Å². The highest BCUT2D eigenvalue weighted by Gasteiger charge is 2.13. The number of benzene rings is 2. The molecule has 0 atom stereocenters. The maximum atomic E-state index is 12.0. The number of rotatable bonds is 7. The minimum Gasteiger partial charge on any atom is -0.493 e. The summed E-state index contributed by atoms with van der Waals surface area (Å²) in [5.74, 6) is -0.118. The summed E-state index contributed by atoms with van der Waals surface area (Å²) >= 11 is 5.86. The number of hydrogen-bond donors (Lipinski definition) is 1. The van der Waals surface area contributed by atoms with E-state index in [0.29, 0.717) is 22.1 Å². The van der Waals surface area contributed by atoms with Gasteiger partial charge in [0.1, 0.15) is 6.07 Å². The number of ether oxygens (including phenoxy) is 3. The predicted octanol–water partition coefficient (Wildman–Crippen LogP) is 2.95. The van der Waals surface area contributed by atoms with Crippen LogP contribution >= 0.6 is 11.6 Å². The molecule has 1 N–H and O–H groups in total. The molecular weight excluding hydrogens is 372 g/mol. The molecule has 2 rings (SSSR count). The van der Waals surface area contributed by atoms with Gasteiger partial charge in [-0.2, -0.15) is 5.26 Å². The van der Waals surface area contributed by atoms with Crippen LogP contribution in [0.15, 0.2) is 36.4 Å². The summed E-state index contributed by atoms with van der Waals surface area (Å²) in [5.41, 5.74) is 1.16. The number of hydrogen-bond acceptors (Lipinski definition) is 6. The molecule has 140 valence electrons. The van der Waals surface area contributed by atoms with Gasteiger partial charge in [0.2, 0.25) is 0 Å². The van der Waals surface area contributed by atoms with Crippen LogP contribution < -0.4 is 14.8 Å². The van der Waals surface area contributed by atoms with E-state index >= 15 is 0 Å². The highest BCUT2D eigenvalue weighted by Crippen LogP contribution is 2.27. The van der Waals surface area contributed by atoms with E-state index in [4.69, 9.17) is 31.1 Å². The third-order valence-corrected chi connectivity index (χ3v) is 3.77. The van der Waals surface area contributed by atoms with Gasteiger partial charge in [0.15, 0.2) is 18.1 Å². The van der Waals surface area contributed by atoms with Crippen molar-refractivity contribution in [2.24, 2.45) is 0 Å². The van der Waals surface area contributed by atoms with Crippen molar-refractivity contribution in [2.75, 3.05) is 26.1 Å². The molecule has 0 aliphatic carbocycles. The number of esters is 1. The van der Waals surface area contributed by atoms with Gasteiger partial charge in [-0.3, -0.25) is 9.59 Å². The summed E-state index contributed by atoms with van der Waals surface area (Å²) in [5, 5.41) is 11.9. The van der Waals surface area contributed by atoms with Crippen LogP contribution in [0.1, 0.15) is 11.1 Å². The Labute approximate surface area is 161 Å². The lowest BCUT2D eigenvalue weighted by Crippen LogP contribution is -2.22. The van der Waals surface area contributed by atoms with Gasteiger partial charge in [0.05, 0.1) is 31.9 Å². The number of halogens is 1. The number of nitrogens with one attached hydrogen (secondary N) is 1. The topological polar surface area (TPSA) is 97.6 Å². The van der Waals surface area contributed by atoms with Crippen molar-refractivity contribution in [2.45, 2.75) is 6.42 Å². The molecule has 7 nitrogen and oxygen atoms in total. The van der Waals surface area contributed by atoms with Crippen LogP contribution in [-0.2, 0) is 20.7 Å². The summed E-state index contributed by atoms with van der Waals surface area (Å²) in [7, 11) is 3.01. The molecule has 0 aliphatic heterocycles. The minimum absolute atomic E-state index is 0.0335. The largest absolute Gasteiger partial charge is 0.493 e. The van der Waals surface area contributed by atoms with Gasteiger partial charge in [-0.25, -0.2) is 0 Å². The average Bonchev–Trinajstić information content (AvgIpc) is 2.66. The van der Waals surface area contributed by atoms with E-state index in [2.05, 4.69) is 5.32 Å². The second kappa shape index (κ2) is 9.46. The standard InChI is InChI=1S/C19H17ClN2O5/c1-25-16-6-3-12(7-17(16)26-2)8-19(24)27-11-18(23)22-15-9-14(20)5-4-13(15)10-21/h3-7,9H,8,11H2,1-2H3,(H,22,23). The fraction of sp³-hybridized carbons (Fsp3) is 0.211. The number of carbonyl (C=O) groups is 2. The molecule has 0 unspecified atom stereocenters. The lowest BCUT2D eigenvalue weighted by molar-refractivity contribution is -0.146. The molecule has 0 saturated heterocycles. The third kappa shape index (κ3) is 5.62. The highest BCUT2D eigenvalue weighted by molar-refractivity contribution is 6.31. The predicted molar refractivity (Wildman–Crippen MR) is 99.0 cm³/mol. The van der Waals surface area contributed by atoms with Crippen molar-refractivity contribution in [1.29, 1.82) is 5.26 Å². The Hall–Kier alpha value is -3.24. The summed E-state index contributed by atoms with van der Waals surface area (Å²) in [4.78, 5) is 23.9. The van der Waals surface area contributed by atoms with E-state index < -0.39 is 18.5 Å². The zero-order valence-electron chi connectivity index (χ0n) is 14.7. The first-order chi connectivity index (χ1) is 13.0. The summed E-state index contributed by atoms with van der Waals surface area (Å²) in [6.07, 6.45) is -0.0335. The maximum Gasteiger partial charge on any atom is 0.310 e. The van der Waals surface area contributed by atoms with Crippen LogP contribution in [0.2, 0.25) is 5.02 Å². The number of carbonyl (C=O) groups excluding carboxylic acids is 2. The maximum absolute atomic E-state index is 12.0. The van der Waals surface area contributed by atoms with Gasteiger partial charge in [-0.15, -0.1) is 0 Å². The van der Waals surface area contributed by atoms with Crippen LogP contribution in [0.4, 0.5) is 5.69 Å². The molecule has 2 aromatic carbocycles. The van der Waals surface area contributed by atoms with Gasteiger partial charge < -0.3 is 19.5 Å². The first kappa shape index (κ1) is 20.1. The second-order valence-electron chi connectivity index (χ2n) is 5.38. The van der Waals surface area contributed by atoms with E-state index in [1.807, 2.05) is 6.07 Å². The first-order valence-electron chi connectivity index (χ1n) is 7.83. The summed E-state index contributed by atoms with van der Waals surface area (Å²) in [6, 6.07) is 11.5. The minimum atomic E-state index is -0.580. The molecule has 0 fully saturated rings. The van der Waals surface area contributed by atoms with Crippen LogP contribution in [0, 0.1) is 11.3 Å². The van der Waals surface area contributed by atoms with Crippen molar-refractivity contribution in [1.82, 2.24) is 0 Å². The molecule has 27 heavy (non-hydrogen) atoms. The monoisotopic (exact) mass is 388 g/mol. The van der Waals surface area contributed by atoms with Gasteiger partial charge in [-0.1, -0.05) is 17.7 Å². The lowest BCUT2D eigenvalue weighted by atomic mass is 10.1. The number of amides is 1. The Balaban J connectivity index is 1.91. The average molecular weight is 389 g/mol. The van der Waals surface area contributed by atoms with Crippen LogP contribution in [-0.4, -0.2) is 32.7 Å². The van der Waals surface area contributed by atoms with E-state index in [1.54, 1.807) is 24.3 Å². The quantitative estimate of drug-likeness (QED) is 0.732. The van der Waals surface area contributed by atoms with Gasteiger partial charge in [0, 0.05) is 5.02 Å². The number of methoxy groups -OCH3 is 2. The molecule has 0 spiro atoms. The zero-order chi connectivity index (χ0) is 19.8. The Bertz CT molecular complexity index is 892. The lowest BCUT2D eigenvalue weighted by Gasteiger charge is -2.10. The molecule has 0 aromatic heterocycles. The highest BCUT2D eigenvalue weighted by atomic mass is 35.5. The van der Waals surface area contributed by atoms with Gasteiger partial charge in [-0.05, 0) is 35.9 Å². The first-order valence-corrected chi connectivity index (χ1v) is 8.20. The van der Waals surface area contributed by atoms with Crippen LogP contribution in [0.5, 0.6) is 11.5 Å². The normalized spacial score (nSPS) is 9.85. The zero-order valence-corrected chi connectivity index (χ0v) is 15.5. The van der Waals surface area contributed by atoms with E-state index in [-0.39, 0.29) is 17.7 Å². The van der Waals surface area contributed by atoms with Crippen LogP contribution in [0.3, 0.4) is 0 Å². The smallest absolute Gasteiger partial charge is 0.310 e. The molecule has 0 saturated carbocycles. The second-order valence-corrected chi connectivity index (χ2v) is 5.81. The van der Waals surface area contributed by atoms with E-state index in [1.165, 1.54) is 26.4 Å². The Morgan fingerprint density at radius 1 is 1.11 bits per heavy atom. The Kier molecular flexibility index (Phi) is 7.03. The molecule has 8 heteroatoms. The Morgan fingerprint density at radius 2 is 1.85 bits per heavy atom. The fourth-order valence-electron chi connectivity index (χ4n) is 2.26. The molecule has 0 bridgehead atoms. The number of nitriles is 1. The van der Waals surface area contributed by atoms with Crippen molar-refractivity contribution in [3.8, 4) is 17.6 Å². The molecule has 0 aliphatic rings.